The van der Waals surface area contributed by atoms with Gasteiger partial charge in [-0.1, -0.05) is 60.5 Å². The molecule has 0 bridgehead atoms. The fourth-order valence-electron chi connectivity index (χ4n) is 2.36. The molecule has 2 aromatic carbocycles. The third-order valence-electron chi connectivity index (χ3n) is 3.74. The van der Waals surface area contributed by atoms with Crippen LogP contribution < -0.4 is 5.32 Å². The summed E-state index contributed by atoms with van der Waals surface area (Å²) < 4.78 is 5.33. The number of benzene rings is 2. The number of anilines is 1. The molecule has 132 valence electrons. The fourth-order valence-corrected chi connectivity index (χ4v) is 2.70. The number of hydrogen-bond donors (Lipinski definition) is 1. The summed E-state index contributed by atoms with van der Waals surface area (Å²) in [6.07, 6.45) is -0.377. The van der Waals surface area contributed by atoms with Crippen molar-refractivity contribution in [2.24, 2.45) is 0 Å². The van der Waals surface area contributed by atoms with Crippen molar-refractivity contribution in [3.05, 3.63) is 64.1 Å². The van der Waals surface area contributed by atoms with Crippen LogP contribution in [-0.2, 0) is 14.3 Å². The summed E-state index contributed by atoms with van der Waals surface area (Å²) in [5, 5.41) is 3.42. The van der Waals surface area contributed by atoms with Crippen LogP contribution in [0.1, 0.15) is 31.7 Å². The number of halogens is 2. The first-order chi connectivity index (χ1) is 11.9. The SMILES string of the molecule is CC[C@@H](C(=O)O[C@@H](C)C(=O)Nc1cc(Cl)ccc1Cl)c1ccccc1. The van der Waals surface area contributed by atoms with Crippen LogP contribution in [-0.4, -0.2) is 18.0 Å². The molecule has 0 saturated carbocycles. The van der Waals surface area contributed by atoms with E-state index in [2.05, 4.69) is 5.32 Å². The Morgan fingerprint density at radius 3 is 2.44 bits per heavy atom. The van der Waals surface area contributed by atoms with E-state index in [0.29, 0.717) is 22.2 Å². The predicted octanol–water partition coefficient (Wildman–Crippen LogP) is 5.06. The van der Waals surface area contributed by atoms with E-state index in [1.807, 2.05) is 37.3 Å². The topological polar surface area (TPSA) is 55.4 Å². The molecule has 0 fully saturated rings. The van der Waals surface area contributed by atoms with Crippen molar-refractivity contribution in [2.45, 2.75) is 32.3 Å². The quantitative estimate of drug-likeness (QED) is 0.713. The van der Waals surface area contributed by atoms with Crippen molar-refractivity contribution in [1.29, 1.82) is 0 Å². The average Bonchev–Trinajstić information content (AvgIpc) is 2.59. The van der Waals surface area contributed by atoms with Gasteiger partial charge >= 0.3 is 5.97 Å². The predicted molar refractivity (Wildman–Crippen MR) is 100 cm³/mol. The lowest BCUT2D eigenvalue weighted by atomic mass is 9.97. The molecule has 2 rings (SSSR count). The van der Waals surface area contributed by atoms with Gasteiger partial charge in [0, 0.05) is 5.02 Å². The van der Waals surface area contributed by atoms with Crippen LogP contribution in [0.2, 0.25) is 10.0 Å². The van der Waals surface area contributed by atoms with E-state index >= 15 is 0 Å². The number of carbonyl (C=O) groups is 2. The van der Waals surface area contributed by atoms with Gasteiger partial charge in [-0.3, -0.25) is 9.59 Å². The minimum Gasteiger partial charge on any atom is -0.452 e. The van der Waals surface area contributed by atoms with Crippen LogP contribution >= 0.6 is 23.2 Å². The lowest BCUT2D eigenvalue weighted by Crippen LogP contribution is -2.31. The minimum absolute atomic E-state index is 0.354. The van der Waals surface area contributed by atoms with Gasteiger partial charge in [0.15, 0.2) is 6.10 Å². The third kappa shape index (κ3) is 5.21. The number of amides is 1. The van der Waals surface area contributed by atoms with E-state index < -0.39 is 23.9 Å². The zero-order chi connectivity index (χ0) is 18.4. The summed E-state index contributed by atoms with van der Waals surface area (Å²) in [6, 6.07) is 14.1. The molecular weight excluding hydrogens is 361 g/mol. The Bertz CT molecular complexity index is 750. The van der Waals surface area contributed by atoms with Crippen molar-refractivity contribution in [3.8, 4) is 0 Å². The molecule has 0 radical (unpaired) electrons. The molecule has 1 N–H and O–H groups in total. The van der Waals surface area contributed by atoms with Gasteiger partial charge in [-0.25, -0.2) is 0 Å². The molecule has 0 unspecified atom stereocenters. The van der Waals surface area contributed by atoms with E-state index in [4.69, 9.17) is 27.9 Å². The molecule has 4 nitrogen and oxygen atoms in total. The van der Waals surface area contributed by atoms with Crippen molar-refractivity contribution in [2.75, 3.05) is 5.32 Å². The molecule has 0 aliphatic carbocycles. The number of hydrogen-bond acceptors (Lipinski definition) is 3. The van der Waals surface area contributed by atoms with Crippen molar-refractivity contribution >= 4 is 40.8 Å². The zero-order valence-corrected chi connectivity index (χ0v) is 15.5. The first-order valence-electron chi connectivity index (χ1n) is 7.93. The second-order valence-corrected chi connectivity index (χ2v) is 6.41. The fraction of sp³-hybridized carbons (Fsp3) is 0.263. The highest BCUT2D eigenvalue weighted by Crippen LogP contribution is 2.26. The molecule has 2 aromatic rings. The maximum atomic E-state index is 12.4. The Hall–Kier alpha value is -2.04. The van der Waals surface area contributed by atoms with E-state index in [0.717, 1.165) is 5.56 Å². The molecule has 0 spiro atoms. The van der Waals surface area contributed by atoms with Crippen molar-refractivity contribution < 1.29 is 14.3 Å². The number of nitrogens with one attached hydrogen (secondary N) is 1. The van der Waals surface area contributed by atoms with Crippen LogP contribution in [0, 0.1) is 0 Å². The van der Waals surface area contributed by atoms with Gasteiger partial charge < -0.3 is 10.1 Å². The summed E-state index contributed by atoms with van der Waals surface area (Å²) in [4.78, 5) is 24.7. The Balaban J connectivity index is 2.02. The van der Waals surface area contributed by atoms with Gasteiger partial charge in [0.25, 0.3) is 5.91 Å². The van der Waals surface area contributed by atoms with E-state index in [9.17, 15) is 9.59 Å². The van der Waals surface area contributed by atoms with Crippen LogP contribution in [0.5, 0.6) is 0 Å². The number of rotatable bonds is 6. The maximum Gasteiger partial charge on any atom is 0.314 e. The monoisotopic (exact) mass is 379 g/mol. The summed E-state index contributed by atoms with van der Waals surface area (Å²) in [6.45, 7) is 3.42. The Morgan fingerprint density at radius 1 is 1.12 bits per heavy atom. The normalized spacial score (nSPS) is 13.0. The van der Waals surface area contributed by atoms with Gasteiger partial charge in [-0.05, 0) is 37.1 Å². The summed E-state index contributed by atoms with van der Waals surface area (Å²) >= 11 is 11.9. The van der Waals surface area contributed by atoms with Gasteiger partial charge in [0.2, 0.25) is 0 Å². The Kier molecular flexibility index (Phi) is 6.85. The zero-order valence-electron chi connectivity index (χ0n) is 14.0. The molecule has 0 saturated heterocycles. The van der Waals surface area contributed by atoms with Crippen molar-refractivity contribution in [1.82, 2.24) is 0 Å². The van der Waals surface area contributed by atoms with Gasteiger partial charge in [0.05, 0.1) is 16.6 Å². The first-order valence-corrected chi connectivity index (χ1v) is 8.69. The van der Waals surface area contributed by atoms with Gasteiger partial charge in [-0.15, -0.1) is 0 Å². The van der Waals surface area contributed by atoms with Crippen LogP contribution in [0.4, 0.5) is 5.69 Å². The summed E-state index contributed by atoms with van der Waals surface area (Å²) in [5.41, 5.74) is 1.23. The summed E-state index contributed by atoms with van der Waals surface area (Å²) in [5.74, 6) is -1.32. The molecule has 25 heavy (non-hydrogen) atoms. The van der Waals surface area contributed by atoms with Crippen LogP contribution in [0.25, 0.3) is 0 Å². The number of carbonyl (C=O) groups excluding carboxylic acids is 2. The second-order valence-electron chi connectivity index (χ2n) is 5.56. The maximum absolute atomic E-state index is 12.4. The molecule has 6 heteroatoms. The van der Waals surface area contributed by atoms with E-state index in [1.165, 1.54) is 13.0 Å². The molecule has 2 atom stereocenters. The lowest BCUT2D eigenvalue weighted by Gasteiger charge is -2.19. The highest BCUT2D eigenvalue weighted by molar-refractivity contribution is 6.35. The highest BCUT2D eigenvalue weighted by atomic mass is 35.5. The van der Waals surface area contributed by atoms with E-state index in [-0.39, 0.29) is 0 Å². The van der Waals surface area contributed by atoms with E-state index in [1.54, 1.807) is 12.1 Å². The molecule has 1 amide bonds. The largest absolute Gasteiger partial charge is 0.452 e. The van der Waals surface area contributed by atoms with Crippen LogP contribution in [0.15, 0.2) is 48.5 Å². The third-order valence-corrected chi connectivity index (χ3v) is 4.31. The number of esters is 1. The second kappa shape index (κ2) is 8.88. The number of ether oxygens (including phenoxy) is 1. The molecule has 0 aliphatic heterocycles. The lowest BCUT2D eigenvalue weighted by molar-refractivity contribution is -0.154. The molecular formula is C19H19Cl2NO3. The van der Waals surface area contributed by atoms with Crippen molar-refractivity contribution in [3.63, 3.8) is 0 Å². The molecule has 0 aromatic heterocycles. The minimum atomic E-state index is -0.958. The highest BCUT2D eigenvalue weighted by Gasteiger charge is 2.25. The van der Waals surface area contributed by atoms with Gasteiger partial charge in [0.1, 0.15) is 0 Å². The Labute approximate surface area is 157 Å². The average molecular weight is 380 g/mol. The molecule has 0 heterocycles. The van der Waals surface area contributed by atoms with Gasteiger partial charge in [-0.2, -0.15) is 0 Å². The first kappa shape index (κ1) is 19.3. The standard InChI is InChI=1S/C19H19Cl2NO3/c1-3-15(13-7-5-4-6-8-13)19(24)25-12(2)18(23)22-17-11-14(20)9-10-16(17)21/h4-12,15H,3H2,1-2H3,(H,22,23)/t12-,15+/m0/s1. The smallest absolute Gasteiger partial charge is 0.314 e. The Morgan fingerprint density at radius 2 is 1.80 bits per heavy atom. The van der Waals surface area contributed by atoms with Crippen LogP contribution in [0.3, 0.4) is 0 Å². The summed E-state index contributed by atoms with van der Waals surface area (Å²) in [7, 11) is 0. The molecule has 0 aliphatic rings.